The molecule has 1 amide bonds. The quantitative estimate of drug-likeness (QED) is 0.751. The zero-order valence-electron chi connectivity index (χ0n) is 10.4. The normalized spacial score (nSPS) is 17.2. The summed E-state index contributed by atoms with van der Waals surface area (Å²) in [6, 6.07) is 7.52. The maximum atomic E-state index is 11.7. The SMILES string of the molecule is COC(=O)CC1CN(C(=O)OC)c2ccccc21. The summed E-state index contributed by atoms with van der Waals surface area (Å²) in [6.45, 7) is 0.446. The van der Waals surface area contributed by atoms with Crippen molar-refractivity contribution in [2.24, 2.45) is 0 Å². The maximum Gasteiger partial charge on any atom is 0.414 e. The average molecular weight is 249 g/mol. The minimum absolute atomic E-state index is 0.0345. The Morgan fingerprint density at radius 3 is 2.67 bits per heavy atom. The zero-order valence-corrected chi connectivity index (χ0v) is 10.4. The van der Waals surface area contributed by atoms with Gasteiger partial charge in [0.05, 0.1) is 26.3 Å². The monoisotopic (exact) mass is 249 g/mol. The minimum Gasteiger partial charge on any atom is -0.469 e. The molecule has 5 nitrogen and oxygen atoms in total. The summed E-state index contributed by atoms with van der Waals surface area (Å²) < 4.78 is 9.42. The van der Waals surface area contributed by atoms with Crippen molar-refractivity contribution < 1.29 is 19.1 Å². The van der Waals surface area contributed by atoms with E-state index < -0.39 is 6.09 Å². The summed E-state index contributed by atoms with van der Waals surface area (Å²) in [5.74, 6) is -0.311. The Morgan fingerprint density at radius 2 is 2.00 bits per heavy atom. The molecule has 2 rings (SSSR count). The number of hydrogen-bond donors (Lipinski definition) is 0. The van der Waals surface area contributed by atoms with Crippen LogP contribution in [0.4, 0.5) is 10.5 Å². The lowest BCUT2D eigenvalue weighted by molar-refractivity contribution is -0.141. The Morgan fingerprint density at radius 1 is 1.28 bits per heavy atom. The van der Waals surface area contributed by atoms with Crippen LogP contribution in [0.2, 0.25) is 0 Å². The fourth-order valence-corrected chi connectivity index (χ4v) is 2.24. The van der Waals surface area contributed by atoms with Gasteiger partial charge in [0.25, 0.3) is 0 Å². The van der Waals surface area contributed by atoms with Crippen molar-refractivity contribution in [3.63, 3.8) is 0 Å². The third-order valence-corrected chi connectivity index (χ3v) is 3.11. The molecule has 1 aromatic carbocycles. The van der Waals surface area contributed by atoms with Gasteiger partial charge in [0.2, 0.25) is 0 Å². The van der Waals surface area contributed by atoms with Gasteiger partial charge in [-0.2, -0.15) is 0 Å². The molecule has 0 aliphatic carbocycles. The van der Waals surface area contributed by atoms with Crippen molar-refractivity contribution in [1.29, 1.82) is 0 Å². The predicted octanol–water partition coefficient (Wildman–Crippen LogP) is 1.92. The van der Waals surface area contributed by atoms with Crippen LogP contribution in [0.25, 0.3) is 0 Å². The maximum absolute atomic E-state index is 11.7. The molecule has 0 bridgehead atoms. The molecule has 0 radical (unpaired) electrons. The first-order valence-electron chi connectivity index (χ1n) is 5.68. The molecular weight excluding hydrogens is 234 g/mol. The Labute approximate surface area is 105 Å². The highest BCUT2D eigenvalue weighted by molar-refractivity contribution is 5.91. The lowest BCUT2D eigenvalue weighted by Crippen LogP contribution is -2.29. The van der Waals surface area contributed by atoms with Gasteiger partial charge in [0.1, 0.15) is 0 Å². The number of carbonyl (C=O) groups excluding carboxylic acids is 2. The Kier molecular flexibility index (Phi) is 3.50. The van der Waals surface area contributed by atoms with Crippen LogP contribution in [0.3, 0.4) is 0 Å². The van der Waals surface area contributed by atoms with Crippen molar-refractivity contribution >= 4 is 17.7 Å². The van der Waals surface area contributed by atoms with Gasteiger partial charge in [0, 0.05) is 12.5 Å². The van der Waals surface area contributed by atoms with E-state index in [1.54, 1.807) is 4.90 Å². The van der Waals surface area contributed by atoms with Crippen molar-refractivity contribution in [2.45, 2.75) is 12.3 Å². The average Bonchev–Trinajstić information content (AvgIpc) is 2.77. The van der Waals surface area contributed by atoms with Crippen LogP contribution in [0, 0.1) is 0 Å². The van der Waals surface area contributed by atoms with Crippen molar-refractivity contribution in [1.82, 2.24) is 0 Å². The fraction of sp³-hybridized carbons (Fsp3) is 0.385. The summed E-state index contributed by atoms with van der Waals surface area (Å²) in [5.41, 5.74) is 1.78. The summed E-state index contributed by atoms with van der Waals surface area (Å²) in [6.07, 6.45) is -0.143. The smallest absolute Gasteiger partial charge is 0.414 e. The Hall–Kier alpha value is -2.04. The lowest BCUT2D eigenvalue weighted by atomic mass is 9.98. The number of anilines is 1. The number of carbonyl (C=O) groups is 2. The molecule has 1 heterocycles. The number of methoxy groups -OCH3 is 2. The number of fused-ring (bicyclic) bond motifs is 1. The van der Waals surface area contributed by atoms with Gasteiger partial charge >= 0.3 is 12.1 Å². The molecule has 0 aromatic heterocycles. The first-order chi connectivity index (χ1) is 8.67. The minimum atomic E-state index is -0.408. The van der Waals surface area contributed by atoms with Crippen LogP contribution >= 0.6 is 0 Å². The number of para-hydroxylation sites is 1. The van der Waals surface area contributed by atoms with E-state index in [9.17, 15) is 9.59 Å². The molecule has 1 aromatic rings. The third kappa shape index (κ3) is 2.16. The number of ether oxygens (including phenoxy) is 2. The number of rotatable bonds is 2. The lowest BCUT2D eigenvalue weighted by Gasteiger charge is -2.15. The van der Waals surface area contributed by atoms with E-state index in [1.165, 1.54) is 14.2 Å². The van der Waals surface area contributed by atoms with Crippen LogP contribution in [0.5, 0.6) is 0 Å². The number of amides is 1. The van der Waals surface area contributed by atoms with Crippen molar-refractivity contribution in [3.8, 4) is 0 Å². The molecule has 0 spiro atoms. The second kappa shape index (κ2) is 5.08. The van der Waals surface area contributed by atoms with Gasteiger partial charge in [0.15, 0.2) is 0 Å². The molecule has 1 atom stereocenters. The summed E-state index contributed by atoms with van der Waals surface area (Å²) in [4.78, 5) is 24.6. The molecule has 96 valence electrons. The number of benzene rings is 1. The van der Waals surface area contributed by atoms with E-state index in [1.807, 2.05) is 24.3 Å². The molecule has 1 aliphatic rings. The second-order valence-electron chi connectivity index (χ2n) is 4.12. The topological polar surface area (TPSA) is 55.8 Å². The standard InChI is InChI=1S/C13H15NO4/c1-17-12(15)7-9-8-14(13(16)18-2)11-6-4-3-5-10(9)11/h3-6,9H,7-8H2,1-2H3. The molecule has 0 saturated carbocycles. The molecule has 18 heavy (non-hydrogen) atoms. The zero-order chi connectivity index (χ0) is 13.1. The number of hydrogen-bond acceptors (Lipinski definition) is 4. The van der Waals surface area contributed by atoms with E-state index in [-0.39, 0.29) is 18.3 Å². The molecule has 5 heteroatoms. The number of esters is 1. The highest BCUT2D eigenvalue weighted by atomic mass is 16.5. The molecule has 1 aliphatic heterocycles. The molecule has 0 fully saturated rings. The van der Waals surface area contributed by atoms with Crippen molar-refractivity contribution in [3.05, 3.63) is 29.8 Å². The van der Waals surface area contributed by atoms with Crippen LogP contribution in [0.15, 0.2) is 24.3 Å². The van der Waals surface area contributed by atoms with Gasteiger partial charge in [-0.05, 0) is 11.6 Å². The van der Waals surface area contributed by atoms with E-state index in [0.29, 0.717) is 6.54 Å². The number of nitrogens with zero attached hydrogens (tertiary/aromatic N) is 1. The van der Waals surface area contributed by atoms with E-state index in [0.717, 1.165) is 11.3 Å². The van der Waals surface area contributed by atoms with Crippen LogP contribution < -0.4 is 4.90 Å². The van der Waals surface area contributed by atoms with E-state index in [4.69, 9.17) is 4.74 Å². The van der Waals surface area contributed by atoms with Crippen molar-refractivity contribution in [2.75, 3.05) is 25.7 Å². The summed E-state index contributed by atoms with van der Waals surface area (Å²) >= 11 is 0. The third-order valence-electron chi connectivity index (χ3n) is 3.11. The van der Waals surface area contributed by atoms with E-state index in [2.05, 4.69) is 4.74 Å². The van der Waals surface area contributed by atoms with Gasteiger partial charge in [-0.15, -0.1) is 0 Å². The second-order valence-corrected chi connectivity index (χ2v) is 4.12. The molecular formula is C13H15NO4. The van der Waals surface area contributed by atoms with Gasteiger partial charge in [-0.25, -0.2) is 4.79 Å². The first kappa shape index (κ1) is 12.4. The Bertz CT molecular complexity index is 472. The van der Waals surface area contributed by atoms with Gasteiger partial charge < -0.3 is 9.47 Å². The first-order valence-corrected chi connectivity index (χ1v) is 5.68. The molecule has 0 saturated heterocycles. The van der Waals surface area contributed by atoms with Crippen LogP contribution in [-0.4, -0.2) is 32.8 Å². The fourth-order valence-electron chi connectivity index (χ4n) is 2.24. The molecule has 1 unspecified atom stereocenters. The molecule has 0 N–H and O–H groups in total. The van der Waals surface area contributed by atoms with Gasteiger partial charge in [-0.1, -0.05) is 18.2 Å². The highest BCUT2D eigenvalue weighted by Gasteiger charge is 2.33. The highest BCUT2D eigenvalue weighted by Crippen LogP contribution is 2.38. The van der Waals surface area contributed by atoms with E-state index >= 15 is 0 Å². The Balaban J connectivity index is 2.27. The predicted molar refractivity (Wildman–Crippen MR) is 65.6 cm³/mol. The summed E-state index contributed by atoms with van der Waals surface area (Å²) in [5, 5.41) is 0. The van der Waals surface area contributed by atoms with Crippen LogP contribution in [-0.2, 0) is 14.3 Å². The largest absolute Gasteiger partial charge is 0.469 e. The van der Waals surface area contributed by atoms with Crippen LogP contribution in [0.1, 0.15) is 17.9 Å². The van der Waals surface area contributed by atoms with Gasteiger partial charge in [-0.3, -0.25) is 9.69 Å². The summed E-state index contributed by atoms with van der Waals surface area (Å²) in [7, 11) is 2.71.